The van der Waals surface area contributed by atoms with Gasteiger partial charge in [-0.3, -0.25) is 10.2 Å². The number of rotatable bonds is 14. The molecule has 1 heterocycles. The monoisotopic (exact) mass is 658 g/mol. The molecule has 0 saturated heterocycles. The minimum Gasteiger partial charge on any atom is -0.494 e. The molecule has 0 radical (unpaired) electrons. The largest absolute Gasteiger partial charge is 0.494 e. The van der Waals surface area contributed by atoms with Crippen molar-refractivity contribution < 1.29 is 19.4 Å². The number of nitrogens with one attached hydrogen (secondary N) is 2. The lowest BCUT2D eigenvalue weighted by atomic mass is 9.81. The Balaban J connectivity index is 1.54. The van der Waals surface area contributed by atoms with Crippen molar-refractivity contribution in [1.29, 1.82) is 0 Å². The minimum absolute atomic E-state index is 0.0430. The highest BCUT2D eigenvalue weighted by molar-refractivity contribution is 6.35. The van der Waals surface area contributed by atoms with Gasteiger partial charge in [0.15, 0.2) is 11.6 Å². The second kappa shape index (κ2) is 15.6. The van der Waals surface area contributed by atoms with E-state index >= 15 is 0 Å². The normalized spacial score (nSPS) is 17.0. The Labute approximate surface area is 276 Å². The summed E-state index contributed by atoms with van der Waals surface area (Å²) in [7, 11) is 0. The first-order chi connectivity index (χ1) is 22.4. The van der Waals surface area contributed by atoms with Crippen LogP contribution < -0.4 is 15.6 Å². The third-order valence-corrected chi connectivity index (χ3v) is 8.10. The second-order valence-electron chi connectivity index (χ2n) is 10.6. The fourth-order valence-electron chi connectivity index (χ4n) is 5.19. The van der Waals surface area contributed by atoms with E-state index in [0.29, 0.717) is 40.3 Å². The molecule has 4 aromatic rings. The van der Waals surface area contributed by atoms with E-state index in [1.165, 1.54) is 0 Å². The summed E-state index contributed by atoms with van der Waals surface area (Å²) in [6, 6.07) is 29.3. The van der Waals surface area contributed by atoms with Gasteiger partial charge in [-0.2, -0.15) is 0 Å². The number of carbonyl (C=O) groups excluding carboxylic acids is 1. The standard InChI is InChI=1S/C34H32Cl2N6O4/c35-28-14-11-27(30(36)19-28)22-38-41-33(44)34(20-25-9-4-5-10-26(25)21-39-42-37)31(23-7-2-1-3-8-23)46-32(40-34)24-12-15-29(16-13-24)45-18-6-17-43/h1-5,7-16,19,31,38,43H,6,17-18,20-22H2,(H,41,44)/t31-,34-/m0/s1. The zero-order chi connectivity index (χ0) is 32.4. The molecule has 1 aliphatic rings. The molecule has 0 fully saturated rings. The molecule has 1 aliphatic heterocycles. The number of aliphatic hydroxyl groups excluding tert-OH is 1. The van der Waals surface area contributed by atoms with Gasteiger partial charge >= 0.3 is 0 Å². The number of hydrazine groups is 1. The summed E-state index contributed by atoms with van der Waals surface area (Å²) in [5.74, 6) is 0.500. The molecule has 5 rings (SSSR count). The van der Waals surface area contributed by atoms with Gasteiger partial charge in [-0.15, -0.1) is 0 Å². The summed E-state index contributed by atoms with van der Waals surface area (Å²) in [4.78, 5) is 22.4. The van der Waals surface area contributed by atoms with Crippen molar-refractivity contribution in [3.63, 3.8) is 0 Å². The number of azide groups is 1. The highest BCUT2D eigenvalue weighted by Gasteiger charge is 2.53. The molecular formula is C34H32Cl2N6O4. The number of hydrogen-bond donors (Lipinski definition) is 3. The molecule has 236 valence electrons. The first-order valence-electron chi connectivity index (χ1n) is 14.6. The van der Waals surface area contributed by atoms with Gasteiger partial charge in [0.2, 0.25) is 5.90 Å². The van der Waals surface area contributed by atoms with Gasteiger partial charge < -0.3 is 14.6 Å². The topological polar surface area (TPSA) is 141 Å². The molecule has 0 saturated carbocycles. The lowest BCUT2D eigenvalue weighted by molar-refractivity contribution is -0.130. The molecule has 0 spiro atoms. The number of carbonyl (C=O) groups is 1. The number of hydrogen-bond acceptors (Lipinski definition) is 7. The number of aliphatic hydroxyl groups is 1. The Hall–Kier alpha value is -4.57. The fourth-order valence-corrected chi connectivity index (χ4v) is 5.66. The van der Waals surface area contributed by atoms with Crippen LogP contribution in [-0.4, -0.2) is 35.7 Å². The minimum atomic E-state index is -1.48. The van der Waals surface area contributed by atoms with Gasteiger partial charge in [0.25, 0.3) is 5.91 Å². The summed E-state index contributed by atoms with van der Waals surface area (Å²) in [5.41, 5.74) is 17.1. The molecular weight excluding hydrogens is 627 g/mol. The van der Waals surface area contributed by atoms with E-state index in [9.17, 15) is 4.79 Å². The van der Waals surface area contributed by atoms with Gasteiger partial charge in [-0.25, -0.2) is 10.4 Å². The van der Waals surface area contributed by atoms with Crippen molar-refractivity contribution in [1.82, 2.24) is 10.9 Å². The predicted octanol–water partition coefficient (Wildman–Crippen LogP) is 6.89. The molecule has 0 bridgehead atoms. The third-order valence-electron chi connectivity index (χ3n) is 7.51. The molecule has 0 aliphatic carbocycles. The molecule has 3 N–H and O–H groups in total. The van der Waals surface area contributed by atoms with E-state index in [1.807, 2.05) is 66.7 Å². The molecule has 0 unspecified atom stereocenters. The van der Waals surface area contributed by atoms with E-state index in [2.05, 4.69) is 20.9 Å². The second-order valence-corrected chi connectivity index (χ2v) is 11.4. The summed E-state index contributed by atoms with van der Waals surface area (Å²) < 4.78 is 12.3. The number of ether oxygens (including phenoxy) is 2. The van der Waals surface area contributed by atoms with Crippen LogP contribution in [0, 0.1) is 0 Å². The quantitative estimate of drug-likeness (QED) is 0.0445. The Kier molecular flexibility index (Phi) is 11.1. The summed E-state index contributed by atoms with van der Waals surface area (Å²) >= 11 is 12.4. The molecule has 4 aromatic carbocycles. The first kappa shape index (κ1) is 32.8. The number of aliphatic imine (C=N–C) groups is 1. The van der Waals surface area contributed by atoms with Gasteiger partial charge in [0.05, 0.1) is 13.2 Å². The van der Waals surface area contributed by atoms with Crippen LogP contribution in [0.5, 0.6) is 5.75 Å². The van der Waals surface area contributed by atoms with Crippen molar-refractivity contribution >= 4 is 35.0 Å². The van der Waals surface area contributed by atoms with Crippen LogP contribution in [-0.2, 0) is 29.0 Å². The van der Waals surface area contributed by atoms with E-state index in [0.717, 1.165) is 22.3 Å². The molecule has 12 heteroatoms. The van der Waals surface area contributed by atoms with Crippen LogP contribution in [0.15, 0.2) is 107 Å². The highest BCUT2D eigenvalue weighted by Crippen LogP contribution is 2.43. The van der Waals surface area contributed by atoms with E-state index in [-0.39, 0.29) is 26.1 Å². The first-order valence-corrected chi connectivity index (χ1v) is 15.4. The molecule has 46 heavy (non-hydrogen) atoms. The highest BCUT2D eigenvalue weighted by atomic mass is 35.5. The number of amides is 1. The maximum absolute atomic E-state index is 14.5. The van der Waals surface area contributed by atoms with Crippen molar-refractivity contribution in [3.8, 4) is 5.75 Å². The number of halogens is 2. The van der Waals surface area contributed by atoms with Crippen molar-refractivity contribution in [2.45, 2.75) is 37.6 Å². The molecule has 0 aromatic heterocycles. The van der Waals surface area contributed by atoms with Crippen molar-refractivity contribution in [3.05, 3.63) is 145 Å². The lowest BCUT2D eigenvalue weighted by Crippen LogP contribution is -2.53. The zero-order valence-electron chi connectivity index (χ0n) is 24.8. The molecule has 2 atom stereocenters. The summed E-state index contributed by atoms with van der Waals surface area (Å²) in [5, 5.41) is 13.8. The van der Waals surface area contributed by atoms with Crippen LogP contribution in [0.25, 0.3) is 10.4 Å². The Morgan fingerprint density at radius 3 is 2.46 bits per heavy atom. The fraction of sp³-hybridized carbons (Fsp3) is 0.235. The van der Waals surface area contributed by atoms with Crippen molar-refractivity contribution in [2.24, 2.45) is 10.1 Å². The average molecular weight is 660 g/mol. The van der Waals surface area contributed by atoms with Gasteiger partial charge in [0, 0.05) is 46.5 Å². The third kappa shape index (κ3) is 7.80. The summed E-state index contributed by atoms with van der Waals surface area (Å²) in [6.45, 7) is 0.775. The van der Waals surface area contributed by atoms with Gasteiger partial charge in [-0.1, -0.05) is 89.0 Å². The van der Waals surface area contributed by atoms with Gasteiger partial charge in [-0.05, 0) is 64.2 Å². The smallest absolute Gasteiger partial charge is 0.266 e. The maximum atomic E-state index is 14.5. The predicted molar refractivity (Wildman–Crippen MR) is 178 cm³/mol. The SMILES string of the molecule is [N-]=[N+]=NCc1ccccc1C[C@]1(C(=O)NNCc2ccc(Cl)cc2Cl)N=C(c2ccc(OCCCO)cc2)O[C@H]1c1ccccc1. The number of benzene rings is 4. The maximum Gasteiger partial charge on any atom is 0.266 e. The molecule has 1 amide bonds. The van der Waals surface area contributed by atoms with Crippen molar-refractivity contribution in [2.75, 3.05) is 13.2 Å². The van der Waals surface area contributed by atoms with E-state index in [1.54, 1.807) is 30.3 Å². The van der Waals surface area contributed by atoms with Crippen LogP contribution in [0.1, 0.15) is 40.3 Å². The Bertz CT molecular complexity index is 1730. The van der Waals surface area contributed by atoms with Crippen LogP contribution >= 0.6 is 23.2 Å². The van der Waals surface area contributed by atoms with Crippen LogP contribution in [0.2, 0.25) is 10.0 Å². The Morgan fingerprint density at radius 2 is 1.74 bits per heavy atom. The average Bonchev–Trinajstić information content (AvgIpc) is 3.46. The Morgan fingerprint density at radius 1 is 1.00 bits per heavy atom. The van der Waals surface area contributed by atoms with Gasteiger partial charge in [0.1, 0.15) is 5.75 Å². The zero-order valence-corrected chi connectivity index (χ0v) is 26.3. The number of nitrogens with zero attached hydrogens (tertiary/aromatic N) is 4. The lowest BCUT2D eigenvalue weighted by Gasteiger charge is -2.31. The van der Waals surface area contributed by atoms with E-state index in [4.69, 9.17) is 48.3 Å². The van der Waals surface area contributed by atoms with Crippen LogP contribution in [0.3, 0.4) is 0 Å². The van der Waals surface area contributed by atoms with Crippen LogP contribution in [0.4, 0.5) is 0 Å². The molecule has 10 nitrogen and oxygen atoms in total. The van der Waals surface area contributed by atoms with E-state index < -0.39 is 17.6 Å². The summed E-state index contributed by atoms with van der Waals surface area (Å²) in [6.07, 6.45) is -0.143.